The van der Waals surface area contributed by atoms with Gasteiger partial charge in [-0.15, -0.1) is 0 Å². The van der Waals surface area contributed by atoms with Gasteiger partial charge in [-0.2, -0.15) is 0 Å². The van der Waals surface area contributed by atoms with Gasteiger partial charge in [-0.25, -0.2) is 9.18 Å². The van der Waals surface area contributed by atoms with Crippen LogP contribution < -0.4 is 5.32 Å². The minimum absolute atomic E-state index is 0.0834. The van der Waals surface area contributed by atoms with Crippen LogP contribution >= 0.6 is 0 Å². The van der Waals surface area contributed by atoms with Gasteiger partial charge in [0.15, 0.2) is 0 Å². The fraction of sp³-hybridized carbons (Fsp3) is 0.364. The lowest BCUT2D eigenvalue weighted by Crippen LogP contribution is -2.54. The number of pyridine rings is 1. The lowest BCUT2D eigenvalue weighted by Gasteiger charge is -2.38. The molecule has 8 heteroatoms. The monoisotopic (exact) mass is 410 g/mol. The van der Waals surface area contributed by atoms with Crippen molar-refractivity contribution in [3.8, 4) is 0 Å². The van der Waals surface area contributed by atoms with Crippen molar-refractivity contribution in [1.29, 1.82) is 0 Å². The number of carbonyl (C=O) groups is 3. The molecule has 4 amide bonds. The molecule has 156 valence electrons. The molecule has 3 heterocycles. The average molecular weight is 410 g/mol. The molecule has 0 unspecified atom stereocenters. The van der Waals surface area contributed by atoms with Gasteiger partial charge in [-0.1, -0.05) is 18.2 Å². The Morgan fingerprint density at radius 2 is 1.87 bits per heavy atom. The van der Waals surface area contributed by atoms with E-state index in [1.807, 2.05) is 0 Å². The quantitative estimate of drug-likeness (QED) is 0.786. The Balaban J connectivity index is 1.42. The molecular formula is C22H23FN4O3. The molecule has 1 atom stereocenters. The molecular weight excluding hydrogens is 387 g/mol. The van der Waals surface area contributed by atoms with E-state index in [2.05, 4.69) is 10.3 Å². The molecule has 0 saturated carbocycles. The van der Waals surface area contributed by atoms with E-state index < -0.39 is 11.6 Å². The number of piperidine rings is 1. The Morgan fingerprint density at radius 1 is 1.17 bits per heavy atom. The molecule has 0 bridgehead atoms. The van der Waals surface area contributed by atoms with Crippen LogP contribution in [0.3, 0.4) is 0 Å². The third-order valence-electron chi connectivity index (χ3n) is 6.04. The molecule has 2 aliphatic rings. The molecule has 4 rings (SSSR count). The van der Waals surface area contributed by atoms with Crippen LogP contribution in [-0.2, 0) is 11.3 Å². The number of rotatable bonds is 4. The van der Waals surface area contributed by atoms with Gasteiger partial charge in [0.2, 0.25) is 0 Å². The van der Waals surface area contributed by atoms with Crippen molar-refractivity contribution in [2.45, 2.75) is 31.8 Å². The molecule has 1 aromatic carbocycles. The molecule has 0 aliphatic carbocycles. The van der Waals surface area contributed by atoms with Crippen molar-refractivity contribution in [2.24, 2.45) is 5.92 Å². The van der Waals surface area contributed by atoms with Crippen molar-refractivity contribution >= 4 is 17.8 Å². The van der Waals surface area contributed by atoms with Crippen molar-refractivity contribution < 1.29 is 18.8 Å². The van der Waals surface area contributed by atoms with Gasteiger partial charge in [0.25, 0.3) is 11.8 Å². The lowest BCUT2D eigenvalue weighted by molar-refractivity contribution is -0.133. The Bertz CT molecular complexity index is 958. The first-order chi connectivity index (χ1) is 14.4. The van der Waals surface area contributed by atoms with E-state index in [1.165, 1.54) is 17.0 Å². The predicted molar refractivity (Wildman–Crippen MR) is 107 cm³/mol. The highest BCUT2D eigenvalue weighted by molar-refractivity contribution is 6.07. The van der Waals surface area contributed by atoms with E-state index >= 15 is 0 Å². The summed E-state index contributed by atoms with van der Waals surface area (Å²) >= 11 is 0. The SMILES string of the molecule is C[C@]1(C2CCN(C(=O)c3ccccn3)CC2)NC(=O)N(Cc2ccc(F)cc2)C1=O. The van der Waals surface area contributed by atoms with Crippen molar-refractivity contribution in [3.63, 3.8) is 0 Å². The highest BCUT2D eigenvalue weighted by Crippen LogP contribution is 2.34. The highest BCUT2D eigenvalue weighted by Gasteiger charge is 2.52. The van der Waals surface area contributed by atoms with E-state index in [9.17, 15) is 18.8 Å². The first kappa shape index (κ1) is 20.0. The van der Waals surface area contributed by atoms with Gasteiger partial charge >= 0.3 is 6.03 Å². The summed E-state index contributed by atoms with van der Waals surface area (Å²) in [5, 5.41) is 2.85. The number of nitrogens with zero attached hydrogens (tertiary/aromatic N) is 3. The second-order valence-electron chi connectivity index (χ2n) is 7.93. The number of hydrogen-bond acceptors (Lipinski definition) is 4. The lowest BCUT2D eigenvalue weighted by atomic mass is 9.79. The Hall–Kier alpha value is -3.29. The summed E-state index contributed by atoms with van der Waals surface area (Å²) in [7, 11) is 0. The van der Waals surface area contributed by atoms with Gasteiger partial charge in [0, 0.05) is 19.3 Å². The highest BCUT2D eigenvalue weighted by atomic mass is 19.1. The smallest absolute Gasteiger partial charge is 0.325 e. The number of aromatic nitrogens is 1. The number of hydrogen-bond donors (Lipinski definition) is 1. The Morgan fingerprint density at radius 3 is 2.50 bits per heavy atom. The second kappa shape index (κ2) is 7.85. The number of likely N-dealkylation sites (tertiary alicyclic amines) is 1. The van der Waals surface area contributed by atoms with Crippen molar-refractivity contribution in [2.75, 3.05) is 13.1 Å². The molecule has 30 heavy (non-hydrogen) atoms. The van der Waals surface area contributed by atoms with Gasteiger partial charge in [-0.3, -0.25) is 19.5 Å². The first-order valence-electron chi connectivity index (χ1n) is 9.97. The van der Waals surface area contributed by atoms with Gasteiger partial charge in [0.05, 0.1) is 6.54 Å². The maximum atomic E-state index is 13.1. The number of nitrogens with one attached hydrogen (secondary N) is 1. The van der Waals surface area contributed by atoms with E-state index in [1.54, 1.807) is 48.4 Å². The zero-order valence-corrected chi connectivity index (χ0v) is 16.7. The van der Waals surface area contributed by atoms with Crippen LogP contribution in [0.4, 0.5) is 9.18 Å². The molecule has 2 aromatic rings. The molecule has 0 radical (unpaired) electrons. The standard InChI is InChI=1S/C22H23FN4O3/c1-22(16-9-12-26(13-10-16)19(28)18-4-2-3-11-24-18)20(29)27(21(30)25-22)14-15-5-7-17(23)8-6-15/h2-8,11,16H,9-10,12-14H2,1H3,(H,25,30)/t22-/m1/s1. The van der Waals surface area contributed by atoms with Gasteiger partial charge < -0.3 is 10.2 Å². The fourth-order valence-corrected chi connectivity index (χ4v) is 4.22. The zero-order valence-electron chi connectivity index (χ0n) is 16.7. The van der Waals surface area contributed by atoms with Crippen molar-refractivity contribution in [1.82, 2.24) is 20.1 Å². The molecule has 2 saturated heterocycles. The van der Waals surface area contributed by atoms with E-state index in [4.69, 9.17) is 0 Å². The molecule has 2 aliphatic heterocycles. The average Bonchev–Trinajstić information content (AvgIpc) is 2.99. The minimum Gasteiger partial charge on any atom is -0.337 e. The Labute approximate surface area is 173 Å². The second-order valence-corrected chi connectivity index (χ2v) is 7.93. The topological polar surface area (TPSA) is 82.6 Å². The third-order valence-corrected chi connectivity index (χ3v) is 6.04. The van der Waals surface area contributed by atoms with Crippen LogP contribution in [0.2, 0.25) is 0 Å². The maximum Gasteiger partial charge on any atom is 0.325 e. The zero-order chi connectivity index (χ0) is 21.3. The number of benzene rings is 1. The fourth-order valence-electron chi connectivity index (χ4n) is 4.22. The Kier molecular flexibility index (Phi) is 5.24. The number of halogens is 1. The minimum atomic E-state index is -1.02. The van der Waals surface area contributed by atoms with Gasteiger partial charge in [-0.05, 0) is 55.5 Å². The van der Waals surface area contributed by atoms with Gasteiger partial charge in [0.1, 0.15) is 17.1 Å². The predicted octanol–water partition coefficient (Wildman–Crippen LogP) is 2.58. The molecule has 2 fully saturated rings. The summed E-state index contributed by atoms with van der Waals surface area (Å²) in [6.45, 7) is 2.84. The molecule has 1 N–H and O–H groups in total. The maximum absolute atomic E-state index is 13.1. The van der Waals surface area contributed by atoms with Crippen LogP contribution in [0.15, 0.2) is 48.7 Å². The molecule has 0 spiro atoms. The summed E-state index contributed by atoms with van der Waals surface area (Å²) in [4.78, 5) is 45.3. The summed E-state index contributed by atoms with van der Waals surface area (Å²) < 4.78 is 13.1. The van der Waals surface area contributed by atoms with E-state index in [0.717, 1.165) is 0 Å². The largest absolute Gasteiger partial charge is 0.337 e. The van der Waals surface area contributed by atoms with Crippen LogP contribution in [0, 0.1) is 11.7 Å². The number of imide groups is 1. The summed E-state index contributed by atoms with van der Waals surface area (Å²) in [6, 6.07) is 10.5. The van der Waals surface area contributed by atoms with Crippen LogP contribution in [0.25, 0.3) is 0 Å². The number of urea groups is 1. The number of amides is 4. The van der Waals surface area contributed by atoms with Crippen LogP contribution in [-0.4, -0.2) is 51.3 Å². The summed E-state index contributed by atoms with van der Waals surface area (Å²) in [5.41, 5.74) is 0.0647. The van der Waals surface area contributed by atoms with Crippen molar-refractivity contribution in [3.05, 3.63) is 65.7 Å². The molecule has 1 aromatic heterocycles. The van der Waals surface area contributed by atoms with Crippen LogP contribution in [0.1, 0.15) is 35.8 Å². The molecule has 7 nitrogen and oxygen atoms in total. The van der Waals surface area contributed by atoms with E-state index in [0.29, 0.717) is 37.2 Å². The summed E-state index contributed by atoms with van der Waals surface area (Å²) in [5.74, 6) is -0.863. The number of carbonyl (C=O) groups excluding carboxylic acids is 3. The normalized spacial score (nSPS) is 22.3. The van der Waals surface area contributed by atoms with E-state index in [-0.39, 0.29) is 30.1 Å². The third kappa shape index (κ3) is 3.65. The first-order valence-corrected chi connectivity index (χ1v) is 9.97. The van der Waals surface area contributed by atoms with Crippen LogP contribution in [0.5, 0.6) is 0 Å². The summed E-state index contributed by atoms with van der Waals surface area (Å²) in [6.07, 6.45) is 2.79.